The van der Waals surface area contributed by atoms with E-state index in [1.165, 1.54) is 11.8 Å². The predicted molar refractivity (Wildman–Crippen MR) is 107 cm³/mol. The van der Waals surface area contributed by atoms with E-state index in [1.54, 1.807) is 12.4 Å². The fourth-order valence-electron chi connectivity index (χ4n) is 2.61. The lowest BCUT2D eigenvalue weighted by Gasteiger charge is -2.12. The summed E-state index contributed by atoms with van der Waals surface area (Å²) >= 11 is 4.82. The van der Waals surface area contributed by atoms with Crippen molar-refractivity contribution in [3.63, 3.8) is 0 Å². The van der Waals surface area contributed by atoms with Gasteiger partial charge in [0, 0.05) is 35.2 Å². The summed E-state index contributed by atoms with van der Waals surface area (Å²) in [4.78, 5) is 16.4. The largest absolute Gasteiger partial charge is 0.325 e. The van der Waals surface area contributed by atoms with E-state index in [-0.39, 0.29) is 11.7 Å². The average Bonchev–Trinajstić information content (AvgIpc) is 2.98. The molecule has 0 atom stereocenters. The van der Waals surface area contributed by atoms with Crippen LogP contribution in [0.4, 0.5) is 5.69 Å². The van der Waals surface area contributed by atoms with Gasteiger partial charge < -0.3 is 9.88 Å². The number of pyridine rings is 1. The summed E-state index contributed by atoms with van der Waals surface area (Å²) in [7, 11) is 1.89. The number of amides is 1. The second-order valence-electron chi connectivity index (χ2n) is 5.85. The zero-order chi connectivity index (χ0) is 18.7. The molecule has 0 unspecified atom stereocenters. The summed E-state index contributed by atoms with van der Waals surface area (Å²) in [5.74, 6) is 0.934. The first-order chi connectivity index (χ1) is 12.5. The molecule has 0 aliphatic heterocycles. The molecule has 3 aromatic rings. The van der Waals surface area contributed by atoms with E-state index >= 15 is 0 Å². The Bertz CT molecular complexity index is 919. The highest BCUT2D eigenvalue weighted by atomic mass is 79.9. The zero-order valence-electron chi connectivity index (χ0n) is 14.7. The Morgan fingerprint density at radius 2 is 1.85 bits per heavy atom. The summed E-state index contributed by atoms with van der Waals surface area (Å²) in [6.45, 7) is 3.95. The highest BCUT2D eigenvalue weighted by Gasteiger charge is 2.14. The van der Waals surface area contributed by atoms with E-state index in [9.17, 15) is 4.79 Å². The minimum Gasteiger partial charge on any atom is -0.325 e. The van der Waals surface area contributed by atoms with Gasteiger partial charge in [-0.1, -0.05) is 27.7 Å². The fourth-order valence-corrected chi connectivity index (χ4v) is 4.00. The molecule has 2 aromatic heterocycles. The van der Waals surface area contributed by atoms with Gasteiger partial charge in [0.15, 0.2) is 11.0 Å². The summed E-state index contributed by atoms with van der Waals surface area (Å²) in [5, 5.41) is 12.1. The third-order valence-corrected chi connectivity index (χ3v) is 5.35. The molecule has 1 N–H and O–H groups in total. The molecule has 2 heterocycles. The number of anilines is 1. The van der Waals surface area contributed by atoms with Crippen LogP contribution in [0.3, 0.4) is 0 Å². The Balaban J connectivity index is 1.67. The average molecular weight is 432 g/mol. The molecule has 1 aromatic carbocycles. The van der Waals surface area contributed by atoms with Crippen molar-refractivity contribution in [1.82, 2.24) is 19.7 Å². The van der Waals surface area contributed by atoms with Crippen molar-refractivity contribution in [2.45, 2.75) is 19.0 Å². The van der Waals surface area contributed by atoms with Crippen LogP contribution in [0.1, 0.15) is 11.1 Å². The van der Waals surface area contributed by atoms with Crippen molar-refractivity contribution in [3.05, 3.63) is 52.3 Å². The first-order valence-corrected chi connectivity index (χ1v) is 9.72. The number of carbonyl (C=O) groups is 1. The standard InChI is InChI=1S/C18H18BrN5OS/c1-11-8-14(19)9-12(2)16(11)21-15(25)10-26-18-23-22-17(24(18)3)13-4-6-20-7-5-13/h4-9H,10H2,1-3H3,(H,21,25). The number of rotatable bonds is 5. The van der Waals surface area contributed by atoms with Crippen molar-refractivity contribution in [1.29, 1.82) is 0 Å². The highest BCUT2D eigenvalue weighted by Crippen LogP contribution is 2.26. The van der Waals surface area contributed by atoms with Gasteiger partial charge in [-0.05, 0) is 49.2 Å². The van der Waals surface area contributed by atoms with Crippen LogP contribution >= 0.6 is 27.7 Å². The number of aryl methyl sites for hydroxylation is 2. The molecule has 0 saturated carbocycles. The van der Waals surface area contributed by atoms with Crippen LogP contribution in [0.5, 0.6) is 0 Å². The van der Waals surface area contributed by atoms with Gasteiger partial charge in [-0.2, -0.15) is 0 Å². The topological polar surface area (TPSA) is 72.7 Å². The third-order valence-electron chi connectivity index (χ3n) is 3.87. The molecule has 26 heavy (non-hydrogen) atoms. The first kappa shape index (κ1) is 18.6. The molecule has 0 radical (unpaired) electrons. The van der Waals surface area contributed by atoms with Crippen molar-refractivity contribution >= 4 is 39.3 Å². The summed E-state index contributed by atoms with van der Waals surface area (Å²) in [5.41, 5.74) is 3.84. The Kier molecular flexibility index (Phi) is 5.73. The highest BCUT2D eigenvalue weighted by molar-refractivity contribution is 9.10. The van der Waals surface area contributed by atoms with Gasteiger partial charge in [-0.25, -0.2) is 0 Å². The molecule has 134 valence electrons. The van der Waals surface area contributed by atoms with Crippen LogP contribution in [-0.2, 0) is 11.8 Å². The predicted octanol–water partition coefficient (Wildman–Crippen LogP) is 3.99. The second kappa shape index (κ2) is 8.01. The molecular formula is C18H18BrN5OS. The van der Waals surface area contributed by atoms with E-state index in [4.69, 9.17) is 0 Å². The van der Waals surface area contributed by atoms with Gasteiger partial charge in [-0.15, -0.1) is 10.2 Å². The molecule has 0 spiro atoms. The Morgan fingerprint density at radius 3 is 2.50 bits per heavy atom. The lowest BCUT2D eigenvalue weighted by Crippen LogP contribution is -2.16. The van der Waals surface area contributed by atoms with Crippen LogP contribution in [0.15, 0.2) is 46.3 Å². The number of halogens is 1. The quantitative estimate of drug-likeness (QED) is 0.618. The molecule has 8 heteroatoms. The van der Waals surface area contributed by atoms with E-state index in [0.717, 1.165) is 32.7 Å². The van der Waals surface area contributed by atoms with Gasteiger partial charge in [-0.3, -0.25) is 9.78 Å². The van der Waals surface area contributed by atoms with Gasteiger partial charge in [0.1, 0.15) is 0 Å². The van der Waals surface area contributed by atoms with Crippen LogP contribution in [0, 0.1) is 13.8 Å². The summed E-state index contributed by atoms with van der Waals surface area (Å²) < 4.78 is 2.88. The molecule has 1 amide bonds. The van der Waals surface area contributed by atoms with E-state index in [0.29, 0.717) is 5.16 Å². The minimum atomic E-state index is -0.0722. The molecule has 0 bridgehead atoms. The van der Waals surface area contributed by atoms with Crippen molar-refractivity contribution in [2.75, 3.05) is 11.1 Å². The van der Waals surface area contributed by atoms with E-state index < -0.39 is 0 Å². The van der Waals surface area contributed by atoms with Gasteiger partial charge >= 0.3 is 0 Å². The van der Waals surface area contributed by atoms with E-state index in [2.05, 4.69) is 36.4 Å². The second-order valence-corrected chi connectivity index (χ2v) is 7.71. The SMILES string of the molecule is Cc1cc(Br)cc(C)c1NC(=O)CSc1nnc(-c2ccncc2)n1C. The van der Waals surface area contributed by atoms with Crippen LogP contribution in [0.25, 0.3) is 11.4 Å². The first-order valence-electron chi connectivity index (χ1n) is 7.95. The molecular weight excluding hydrogens is 414 g/mol. The van der Waals surface area contributed by atoms with Gasteiger partial charge in [0.05, 0.1) is 5.75 Å². The van der Waals surface area contributed by atoms with Gasteiger partial charge in [0.2, 0.25) is 5.91 Å². The summed E-state index contributed by atoms with van der Waals surface area (Å²) in [6.07, 6.45) is 3.43. The number of benzene rings is 1. The number of aromatic nitrogens is 4. The van der Waals surface area contributed by atoms with Crippen LogP contribution in [0.2, 0.25) is 0 Å². The number of nitrogens with zero attached hydrogens (tertiary/aromatic N) is 4. The van der Waals surface area contributed by atoms with E-state index in [1.807, 2.05) is 49.7 Å². The molecule has 0 saturated heterocycles. The molecule has 0 aliphatic carbocycles. The Labute approximate surface area is 164 Å². The van der Waals surface area contributed by atoms with Gasteiger partial charge in [0.25, 0.3) is 0 Å². The van der Waals surface area contributed by atoms with Crippen molar-refractivity contribution in [2.24, 2.45) is 7.05 Å². The smallest absolute Gasteiger partial charge is 0.234 e. The molecule has 3 rings (SSSR count). The lowest BCUT2D eigenvalue weighted by molar-refractivity contribution is -0.113. The number of thioether (sulfide) groups is 1. The lowest BCUT2D eigenvalue weighted by atomic mass is 10.1. The maximum absolute atomic E-state index is 12.4. The molecule has 6 nitrogen and oxygen atoms in total. The normalized spacial score (nSPS) is 10.8. The maximum atomic E-state index is 12.4. The Morgan fingerprint density at radius 1 is 1.19 bits per heavy atom. The monoisotopic (exact) mass is 431 g/mol. The van der Waals surface area contributed by atoms with Crippen molar-refractivity contribution in [3.8, 4) is 11.4 Å². The number of hydrogen-bond donors (Lipinski definition) is 1. The number of hydrogen-bond acceptors (Lipinski definition) is 5. The van der Waals surface area contributed by atoms with Crippen LogP contribution < -0.4 is 5.32 Å². The van der Waals surface area contributed by atoms with Crippen molar-refractivity contribution < 1.29 is 4.79 Å². The van der Waals surface area contributed by atoms with Crippen LogP contribution in [-0.4, -0.2) is 31.4 Å². The number of nitrogens with one attached hydrogen (secondary N) is 1. The zero-order valence-corrected chi connectivity index (χ0v) is 17.1. The Hall–Kier alpha value is -2.19. The maximum Gasteiger partial charge on any atom is 0.234 e. The summed E-state index contributed by atoms with van der Waals surface area (Å²) in [6, 6.07) is 7.73. The molecule has 0 fully saturated rings. The number of carbonyl (C=O) groups excluding carboxylic acids is 1. The molecule has 0 aliphatic rings. The third kappa shape index (κ3) is 4.13. The minimum absolute atomic E-state index is 0.0722. The fraction of sp³-hybridized carbons (Fsp3) is 0.222.